The second-order valence-corrected chi connectivity index (χ2v) is 3.71. The molecule has 0 atom stereocenters. The lowest BCUT2D eigenvalue weighted by Crippen LogP contribution is -2.66. The van der Waals surface area contributed by atoms with Crippen molar-refractivity contribution < 1.29 is 53.0 Å². The maximum atomic E-state index is 12.9. The van der Waals surface area contributed by atoms with E-state index in [1.165, 1.54) is 0 Å². The maximum absolute atomic E-state index is 12.9. The number of ether oxygens (including phenoxy) is 1. The number of hydrogen-bond donors (Lipinski definition) is 0. The number of alkyl halides is 11. The van der Waals surface area contributed by atoms with Crippen LogP contribution < -0.4 is 0 Å². The molecule has 0 fully saturated rings. The highest BCUT2D eigenvalue weighted by molar-refractivity contribution is 5.06. The van der Waals surface area contributed by atoms with E-state index >= 15 is 0 Å². The fraction of sp³-hybridized carbons (Fsp3) is 0.778. The molecule has 0 saturated carbocycles. The fourth-order valence-electron chi connectivity index (χ4n) is 1.03. The van der Waals surface area contributed by atoms with E-state index in [2.05, 4.69) is 11.3 Å². The van der Waals surface area contributed by atoms with Gasteiger partial charge in [-0.15, -0.1) is 0 Å². The molecule has 0 aliphatic carbocycles. The van der Waals surface area contributed by atoms with Crippen LogP contribution in [0.25, 0.3) is 0 Å². The van der Waals surface area contributed by atoms with Crippen LogP contribution in [0.1, 0.15) is 6.42 Å². The summed E-state index contributed by atoms with van der Waals surface area (Å²) in [6.45, 7) is 1.44. The third-order valence-electron chi connectivity index (χ3n) is 2.26. The lowest BCUT2D eigenvalue weighted by Gasteiger charge is -2.37. The van der Waals surface area contributed by atoms with Crippen LogP contribution >= 0.6 is 0 Å². The van der Waals surface area contributed by atoms with Crippen LogP contribution in [0.4, 0.5) is 48.3 Å². The van der Waals surface area contributed by atoms with Crippen molar-refractivity contribution in [3.8, 4) is 0 Å². The SMILES string of the molecule is C=COCCC(F)(F)C(F)(F)C(F)(F)C(F)(F)C(F)(F)F. The van der Waals surface area contributed by atoms with E-state index in [0.29, 0.717) is 6.26 Å². The maximum Gasteiger partial charge on any atom is 0.460 e. The van der Waals surface area contributed by atoms with Gasteiger partial charge < -0.3 is 4.74 Å². The van der Waals surface area contributed by atoms with Gasteiger partial charge in [-0.3, -0.25) is 0 Å². The molecule has 0 rings (SSSR count). The summed E-state index contributed by atoms with van der Waals surface area (Å²) < 4.78 is 141. The van der Waals surface area contributed by atoms with Crippen LogP contribution in [0.2, 0.25) is 0 Å². The molecule has 21 heavy (non-hydrogen) atoms. The van der Waals surface area contributed by atoms with Crippen LogP contribution in [0.5, 0.6) is 0 Å². The zero-order chi connectivity index (χ0) is 17.3. The van der Waals surface area contributed by atoms with Crippen molar-refractivity contribution in [2.75, 3.05) is 6.61 Å². The Kier molecular flexibility index (Phi) is 5.20. The van der Waals surface area contributed by atoms with Gasteiger partial charge in [0.2, 0.25) is 0 Å². The van der Waals surface area contributed by atoms with Gasteiger partial charge in [-0.05, 0) is 0 Å². The first-order valence-electron chi connectivity index (χ1n) is 4.86. The molecule has 0 bridgehead atoms. The molecule has 0 aromatic carbocycles. The second kappa shape index (κ2) is 5.52. The highest BCUT2D eigenvalue weighted by Gasteiger charge is 2.86. The Hall–Kier alpha value is -1.23. The Morgan fingerprint density at radius 3 is 1.48 bits per heavy atom. The van der Waals surface area contributed by atoms with E-state index in [1.54, 1.807) is 0 Å². The van der Waals surface area contributed by atoms with Crippen molar-refractivity contribution in [2.45, 2.75) is 36.3 Å². The average molecular weight is 340 g/mol. The summed E-state index contributed by atoms with van der Waals surface area (Å²) in [5.41, 5.74) is 0. The normalized spacial score (nSPS) is 15.0. The van der Waals surface area contributed by atoms with E-state index < -0.39 is 42.9 Å². The molecule has 0 unspecified atom stereocenters. The molecule has 0 heterocycles. The van der Waals surface area contributed by atoms with Crippen molar-refractivity contribution in [1.82, 2.24) is 0 Å². The summed E-state index contributed by atoms with van der Waals surface area (Å²) in [4.78, 5) is 0. The van der Waals surface area contributed by atoms with Crippen molar-refractivity contribution in [3.63, 3.8) is 0 Å². The summed E-state index contributed by atoms with van der Waals surface area (Å²) in [6, 6.07) is 0. The molecule has 126 valence electrons. The average Bonchev–Trinajstić information content (AvgIpc) is 2.26. The lowest BCUT2D eigenvalue weighted by molar-refractivity contribution is -0.422. The van der Waals surface area contributed by atoms with Gasteiger partial charge in [0.15, 0.2) is 0 Å². The van der Waals surface area contributed by atoms with Crippen LogP contribution in [0.15, 0.2) is 12.8 Å². The monoisotopic (exact) mass is 340 g/mol. The molecule has 0 aromatic heterocycles. The van der Waals surface area contributed by atoms with Gasteiger partial charge in [0, 0.05) is 0 Å². The molecule has 0 aromatic rings. The van der Waals surface area contributed by atoms with Crippen molar-refractivity contribution in [3.05, 3.63) is 12.8 Å². The predicted molar refractivity (Wildman–Crippen MR) is 46.6 cm³/mol. The first kappa shape index (κ1) is 19.8. The molecule has 1 nitrogen and oxygen atoms in total. The molecule has 0 radical (unpaired) electrons. The number of rotatable bonds is 7. The summed E-state index contributed by atoms with van der Waals surface area (Å²) in [5.74, 6) is -27.6. The minimum atomic E-state index is -7.37. The third-order valence-corrected chi connectivity index (χ3v) is 2.26. The summed E-state index contributed by atoms with van der Waals surface area (Å²) in [6.07, 6.45) is -8.92. The third kappa shape index (κ3) is 3.18. The van der Waals surface area contributed by atoms with Crippen molar-refractivity contribution in [2.24, 2.45) is 0 Å². The minimum absolute atomic E-state index is 0.455. The van der Waals surface area contributed by atoms with Crippen LogP contribution in [-0.2, 0) is 4.74 Å². The van der Waals surface area contributed by atoms with Gasteiger partial charge in [-0.2, -0.15) is 48.3 Å². The van der Waals surface area contributed by atoms with Crippen LogP contribution in [0, 0.1) is 0 Å². The van der Waals surface area contributed by atoms with Gasteiger partial charge in [-0.1, -0.05) is 6.58 Å². The standard InChI is InChI=1S/C9H7F11O/c1-2-21-4-3-5(10,11)6(12,13)7(14,15)8(16,17)9(18,19)20/h2H,1,3-4H2. The van der Waals surface area contributed by atoms with E-state index in [-0.39, 0.29) is 0 Å². The van der Waals surface area contributed by atoms with Gasteiger partial charge >= 0.3 is 29.9 Å². The van der Waals surface area contributed by atoms with E-state index in [1.807, 2.05) is 0 Å². The molecule has 0 amide bonds. The fourth-order valence-corrected chi connectivity index (χ4v) is 1.03. The summed E-state index contributed by atoms with van der Waals surface area (Å²) in [5, 5.41) is 0. The molecular weight excluding hydrogens is 333 g/mol. The van der Waals surface area contributed by atoms with Crippen molar-refractivity contribution in [1.29, 1.82) is 0 Å². The van der Waals surface area contributed by atoms with Crippen LogP contribution in [-0.4, -0.2) is 36.5 Å². The van der Waals surface area contributed by atoms with Gasteiger partial charge in [0.1, 0.15) is 0 Å². The molecule has 12 heteroatoms. The highest BCUT2D eigenvalue weighted by Crippen LogP contribution is 2.57. The smallest absolute Gasteiger partial charge is 0.460 e. The highest BCUT2D eigenvalue weighted by atomic mass is 19.4. The largest absolute Gasteiger partial charge is 0.502 e. The predicted octanol–water partition coefficient (Wildman–Crippen LogP) is 4.64. The molecule has 0 aliphatic rings. The first-order valence-corrected chi connectivity index (χ1v) is 4.86. The Morgan fingerprint density at radius 1 is 0.714 bits per heavy atom. The van der Waals surface area contributed by atoms with Gasteiger partial charge in [0.25, 0.3) is 0 Å². The quantitative estimate of drug-likeness (QED) is 0.373. The second-order valence-electron chi connectivity index (χ2n) is 3.71. The van der Waals surface area contributed by atoms with E-state index in [4.69, 9.17) is 0 Å². The first-order chi connectivity index (χ1) is 9.06. The van der Waals surface area contributed by atoms with E-state index in [0.717, 1.165) is 0 Å². The lowest BCUT2D eigenvalue weighted by atomic mass is 9.96. The van der Waals surface area contributed by atoms with Crippen molar-refractivity contribution >= 4 is 0 Å². The molecule has 0 saturated heterocycles. The minimum Gasteiger partial charge on any atom is -0.502 e. The zero-order valence-electron chi connectivity index (χ0n) is 9.76. The van der Waals surface area contributed by atoms with Gasteiger partial charge in [0.05, 0.1) is 19.3 Å². The Labute approximate surface area is 110 Å². The number of hydrogen-bond acceptors (Lipinski definition) is 1. The molecule has 0 N–H and O–H groups in total. The van der Waals surface area contributed by atoms with Gasteiger partial charge in [-0.25, -0.2) is 0 Å². The van der Waals surface area contributed by atoms with Crippen LogP contribution in [0.3, 0.4) is 0 Å². The molecule has 0 aliphatic heterocycles. The zero-order valence-corrected chi connectivity index (χ0v) is 9.76. The Balaban J connectivity index is 5.60. The van der Waals surface area contributed by atoms with E-state index in [9.17, 15) is 48.3 Å². The summed E-state index contributed by atoms with van der Waals surface area (Å²) in [7, 11) is 0. The molecule has 0 spiro atoms. The molecular formula is C9H7F11O. The summed E-state index contributed by atoms with van der Waals surface area (Å²) >= 11 is 0. The Bertz CT molecular complexity index is 370. The Morgan fingerprint density at radius 2 is 1.14 bits per heavy atom. The topological polar surface area (TPSA) is 9.23 Å². The number of halogens is 11.